The topological polar surface area (TPSA) is 254 Å². The molecule has 0 aliphatic rings. The molecule has 77 heavy (non-hydrogen) atoms. The van der Waals surface area contributed by atoms with Crippen molar-refractivity contribution in [1.29, 1.82) is 0 Å². The smallest absolute Gasteiger partial charge is 0.184 e. The van der Waals surface area contributed by atoms with Gasteiger partial charge in [0.1, 0.15) is 58.6 Å². The highest BCUT2D eigenvalue weighted by Gasteiger charge is 2.22. The van der Waals surface area contributed by atoms with E-state index in [1.165, 1.54) is 42.3 Å². The van der Waals surface area contributed by atoms with Gasteiger partial charge in [-0.3, -0.25) is 0 Å². The number of methoxy groups -OCH3 is 3. The van der Waals surface area contributed by atoms with E-state index in [-0.39, 0.29) is 17.3 Å². The predicted molar refractivity (Wildman–Crippen MR) is 317 cm³/mol. The van der Waals surface area contributed by atoms with Crippen LogP contribution in [0.5, 0.6) is 17.2 Å². The van der Waals surface area contributed by atoms with Crippen LogP contribution in [0, 0.1) is 3.57 Å². The van der Waals surface area contributed by atoms with Crippen molar-refractivity contribution in [2.45, 2.75) is 9.79 Å². The maximum absolute atomic E-state index is 12.5. The van der Waals surface area contributed by atoms with Gasteiger partial charge in [0.05, 0.1) is 112 Å². The number of hydrogen-bond donors (Lipinski definition) is 5. The number of rotatable bonds is 15. The predicted octanol–water partition coefficient (Wildman–Crippen LogP) is 11.4. The molecule has 0 aliphatic carbocycles. The van der Waals surface area contributed by atoms with Gasteiger partial charge >= 0.3 is 0 Å². The number of aliphatic hydroxyl groups excluding tert-OH is 2. The first kappa shape index (κ1) is 53.2. The molecule has 390 valence electrons. The molecular formula is C52H43IN12O7S5. The number of aliphatic hydroxyl groups is 2. The maximum atomic E-state index is 12.5. The zero-order chi connectivity index (χ0) is 53.5. The number of thiazole rings is 3. The monoisotopic (exact) mass is 1230 g/mol. The highest BCUT2D eigenvalue weighted by Crippen LogP contribution is 2.37. The van der Waals surface area contributed by atoms with Crippen molar-refractivity contribution < 1.29 is 32.8 Å². The Morgan fingerprint density at radius 1 is 0.506 bits per heavy atom. The lowest BCUT2D eigenvalue weighted by molar-refractivity contribution is 0.319. The maximum Gasteiger partial charge on any atom is 0.184 e. The van der Waals surface area contributed by atoms with Gasteiger partial charge in [-0.05, 0) is 95.4 Å². The van der Waals surface area contributed by atoms with Crippen LogP contribution in [0.15, 0.2) is 136 Å². The third kappa shape index (κ3) is 12.0. The van der Waals surface area contributed by atoms with Crippen LogP contribution in [0.3, 0.4) is 0 Å². The number of sulfone groups is 1. The molecule has 6 aromatic carbocycles. The molecule has 12 aromatic rings. The molecule has 0 aliphatic heterocycles. The first-order chi connectivity index (χ1) is 37.5. The van der Waals surface area contributed by atoms with E-state index in [1.807, 2.05) is 83.8 Å². The SMILES string of the molecule is COc1cc2ncnc(Nc3ccc4scnc4c3)c2cc1I.COc1cc2ncnc(Nc3ccc4scnc4c3)c2cc1S(=O)(=O)CCO.COc1cc2ncnc(Nc3ccc4scnc4c3)c2cc1SCCO. The minimum atomic E-state index is -3.72. The lowest BCUT2D eigenvalue weighted by Crippen LogP contribution is -2.11. The Balaban J connectivity index is 0.000000132. The molecule has 0 bridgehead atoms. The third-order valence-corrected chi connectivity index (χ3v) is 17.6. The summed E-state index contributed by atoms with van der Waals surface area (Å²) < 4.78 is 45.5. The molecule has 0 amide bonds. The lowest BCUT2D eigenvalue weighted by Gasteiger charge is -2.13. The molecule has 0 radical (unpaired) electrons. The third-order valence-electron chi connectivity index (χ3n) is 11.6. The van der Waals surface area contributed by atoms with E-state index in [0.717, 1.165) is 96.4 Å². The molecule has 0 saturated heterocycles. The number of anilines is 6. The van der Waals surface area contributed by atoms with Crippen LogP contribution in [0.2, 0.25) is 0 Å². The van der Waals surface area contributed by atoms with E-state index in [9.17, 15) is 8.42 Å². The summed E-state index contributed by atoms with van der Waals surface area (Å²) in [5.41, 5.74) is 13.1. The number of fused-ring (bicyclic) bond motifs is 6. The van der Waals surface area contributed by atoms with Gasteiger partial charge in [-0.15, -0.1) is 45.8 Å². The number of aromatic nitrogens is 9. The molecule has 0 unspecified atom stereocenters. The Hall–Kier alpha value is -7.24. The zero-order valence-corrected chi connectivity index (χ0v) is 47.1. The van der Waals surface area contributed by atoms with E-state index < -0.39 is 22.2 Å². The van der Waals surface area contributed by atoms with Crippen LogP contribution in [0.25, 0.3) is 63.4 Å². The Morgan fingerprint density at radius 2 is 0.935 bits per heavy atom. The number of hydrogen-bond acceptors (Lipinski definition) is 23. The molecule has 0 saturated carbocycles. The van der Waals surface area contributed by atoms with Gasteiger partial charge in [0.25, 0.3) is 0 Å². The summed E-state index contributed by atoms with van der Waals surface area (Å²) in [4.78, 5) is 39.9. The summed E-state index contributed by atoms with van der Waals surface area (Å²) >= 11 is 8.59. The Kier molecular flexibility index (Phi) is 16.6. The first-order valence-electron chi connectivity index (χ1n) is 23.1. The van der Waals surface area contributed by atoms with Crippen molar-refractivity contribution >= 4 is 176 Å². The summed E-state index contributed by atoms with van der Waals surface area (Å²) in [7, 11) is 0.961. The van der Waals surface area contributed by atoms with Crippen LogP contribution < -0.4 is 30.2 Å². The summed E-state index contributed by atoms with van der Waals surface area (Å²) in [6.45, 7) is -0.372. The molecule has 5 N–H and O–H groups in total. The van der Waals surface area contributed by atoms with Gasteiger partial charge in [0.2, 0.25) is 0 Å². The van der Waals surface area contributed by atoms with E-state index in [1.54, 1.807) is 66.1 Å². The van der Waals surface area contributed by atoms with Crippen LogP contribution in [0.4, 0.5) is 34.5 Å². The highest BCUT2D eigenvalue weighted by atomic mass is 127. The number of ether oxygens (including phenoxy) is 3. The number of nitrogens with one attached hydrogen (secondary N) is 3. The molecule has 19 nitrogen and oxygen atoms in total. The van der Waals surface area contributed by atoms with Crippen molar-refractivity contribution in [3.8, 4) is 17.2 Å². The summed E-state index contributed by atoms with van der Waals surface area (Å²) in [6.07, 6.45) is 4.48. The van der Waals surface area contributed by atoms with Crippen molar-refractivity contribution in [1.82, 2.24) is 44.9 Å². The van der Waals surface area contributed by atoms with Crippen LogP contribution in [-0.2, 0) is 9.84 Å². The average Bonchev–Trinajstić information content (AvgIpc) is 4.24. The minimum absolute atomic E-state index is 0.00986. The zero-order valence-electron chi connectivity index (χ0n) is 40.8. The van der Waals surface area contributed by atoms with Crippen molar-refractivity contribution in [3.63, 3.8) is 0 Å². The second-order valence-electron chi connectivity index (χ2n) is 16.3. The van der Waals surface area contributed by atoms with E-state index in [0.29, 0.717) is 22.5 Å². The summed E-state index contributed by atoms with van der Waals surface area (Å²) in [6, 6.07) is 28.8. The van der Waals surface area contributed by atoms with E-state index in [4.69, 9.17) is 24.4 Å². The molecule has 6 heterocycles. The fourth-order valence-electron chi connectivity index (χ4n) is 7.92. The molecule has 25 heteroatoms. The molecular weight excluding hydrogens is 1190 g/mol. The second kappa shape index (κ2) is 24.0. The van der Waals surface area contributed by atoms with Gasteiger partial charge in [-0.1, -0.05) is 0 Å². The van der Waals surface area contributed by atoms with Gasteiger partial charge in [-0.2, -0.15) is 0 Å². The van der Waals surface area contributed by atoms with Crippen molar-refractivity contribution in [2.75, 3.05) is 62.0 Å². The fraction of sp³-hybridized carbons (Fsp3) is 0.135. The number of nitrogens with zero attached hydrogens (tertiary/aromatic N) is 9. The van der Waals surface area contributed by atoms with Gasteiger partial charge < -0.3 is 40.4 Å². The van der Waals surface area contributed by atoms with Crippen molar-refractivity contribution in [2.24, 2.45) is 0 Å². The molecule has 0 spiro atoms. The Labute approximate surface area is 469 Å². The second-order valence-corrected chi connectivity index (χ2v) is 23.3. The normalized spacial score (nSPS) is 11.4. The largest absolute Gasteiger partial charge is 0.496 e. The van der Waals surface area contributed by atoms with Crippen LogP contribution in [0.1, 0.15) is 0 Å². The molecule has 0 atom stereocenters. The van der Waals surface area contributed by atoms with Gasteiger partial charge in [0.15, 0.2) is 9.84 Å². The van der Waals surface area contributed by atoms with Crippen molar-refractivity contribution in [3.05, 3.63) is 130 Å². The number of halogens is 1. The Bertz CT molecular complexity index is 4210. The summed E-state index contributed by atoms with van der Waals surface area (Å²) in [5, 5.41) is 30.5. The van der Waals surface area contributed by atoms with E-state index in [2.05, 4.69) is 89.5 Å². The number of benzene rings is 6. The molecule has 12 rings (SSSR count). The van der Waals surface area contributed by atoms with Gasteiger partial charge in [-0.25, -0.2) is 53.3 Å². The number of thioether (sulfide) groups is 1. The highest BCUT2D eigenvalue weighted by molar-refractivity contribution is 14.1. The standard InChI is InChI=1S/C18H16N4O4S2.C18H16N4O2S2.C16H11IN4OS/c1-26-15-8-13-12(7-17(15)28(24,25)5-4-23)18(20-9-19-13)22-11-2-3-16-14(6-11)21-10-27-16;1-24-15-8-13-12(7-17(15)25-5-4-23)18(20-9-19-13)22-11-2-3-16-14(6-11)21-10-26-16;1-22-14-6-12-10(5-11(14)17)16(19-7-18-12)21-9-2-3-15-13(4-9)20-8-23-15/h2-3,6-10,23H,4-5H2,1H3,(H,19,20,22);2-3,6-10,23H,4-5H2,1H3,(H,19,20,22);2-8H,1H3,(H,18,19,21). The van der Waals surface area contributed by atoms with Crippen LogP contribution >= 0.6 is 68.4 Å². The van der Waals surface area contributed by atoms with E-state index >= 15 is 0 Å². The minimum Gasteiger partial charge on any atom is -0.496 e. The summed E-state index contributed by atoms with van der Waals surface area (Å²) in [5.74, 6) is 3.88. The quantitative estimate of drug-likeness (QED) is 0.0472. The fourth-order valence-corrected chi connectivity index (χ4v) is 12.6. The average molecular weight is 1240 g/mol. The Morgan fingerprint density at radius 3 is 1.38 bits per heavy atom. The molecule has 6 aromatic heterocycles. The molecule has 0 fully saturated rings. The van der Waals surface area contributed by atoms with Crippen LogP contribution in [-0.4, -0.2) is 110 Å². The van der Waals surface area contributed by atoms with Gasteiger partial charge in [0, 0.05) is 57.2 Å². The lowest BCUT2D eigenvalue weighted by atomic mass is 10.2. The first-order valence-corrected chi connectivity index (χ1v) is 29.4.